The lowest BCUT2D eigenvalue weighted by Gasteiger charge is -2.41. The van der Waals surface area contributed by atoms with Gasteiger partial charge in [-0.25, -0.2) is 4.99 Å². The summed E-state index contributed by atoms with van der Waals surface area (Å²) in [5.74, 6) is 0.525. The van der Waals surface area contributed by atoms with E-state index in [9.17, 15) is 0 Å². The van der Waals surface area contributed by atoms with Crippen LogP contribution in [0.5, 0.6) is 0 Å². The molecule has 0 bridgehead atoms. The average molecular weight is 277 g/mol. The summed E-state index contributed by atoms with van der Waals surface area (Å²) < 4.78 is 5.43. The van der Waals surface area contributed by atoms with Gasteiger partial charge in [0.1, 0.15) is 5.84 Å². The fourth-order valence-electron chi connectivity index (χ4n) is 2.27. The molecule has 0 amide bonds. The number of hydrogen-bond acceptors (Lipinski definition) is 3. The van der Waals surface area contributed by atoms with E-state index in [2.05, 4.69) is 29.8 Å². The van der Waals surface area contributed by atoms with Crippen molar-refractivity contribution in [2.45, 2.75) is 33.2 Å². The lowest BCUT2D eigenvalue weighted by molar-refractivity contribution is 0.00245. The number of nitrogens with two attached hydrogens (primary N) is 1. The number of rotatable bonds is 5. The van der Waals surface area contributed by atoms with Crippen LogP contribution >= 0.6 is 0 Å². The molecule has 4 nitrogen and oxygen atoms in total. The minimum atomic E-state index is -0.0909. The third kappa shape index (κ3) is 4.62. The summed E-state index contributed by atoms with van der Waals surface area (Å²) in [6, 6.07) is 0. The molecule has 0 unspecified atom stereocenters. The monoisotopic (exact) mass is 277 g/mol. The van der Waals surface area contributed by atoms with Gasteiger partial charge in [0.05, 0.1) is 13.2 Å². The molecule has 0 aromatic rings. The van der Waals surface area contributed by atoms with E-state index >= 15 is 0 Å². The maximum absolute atomic E-state index is 5.96. The number of amidine groups is 1. The van der Waals surface area contributed by atoms with Gasteiger partial charge in [-0.05, 0) is 39.3 Å². The highest BCUT2D eigenvalue weighted by molar-refractivity contribution is 5.93. The molecule has 0 aliphatic carbocycles. The molecule has 0 radical (unpaired) electrons. The Balaban J connectivity index is 3.01. The molecule has 1 aliphatic heterocycles. The smallest absolute Gasteiger partial charge is 0.123 e. The maximum Gasteiger partial charge on any atom is 0.123 e. The van der Waals surface area contributed by atoms with Crippen LogP contribution < -0.4 is 5.73 Å². The van der Waals surface area contributed by atoms with E-state index in [4.69, 9.17) is 10.5 Å². The Kier molecular flexibility index (Phi) is 6.68. The first-order chi connectivity index (χ1) is 9.52. The number of aliphatic imine (C=N–C) groups is 1. The normalized spacial score (nSPS) is 20.2. The van der Waals surface area contributed by atoms with E-state index in [0.717, 1.165) is 31.9 Å². The molecule has 1 fully saturated rings. The summed E-state index contributed by atoms with van der Waals surface area (Å²) in [6.45, 7) is 11.8. The molecule has 2 N–H and O–H groups in total. The summed E-state index contributed by atoms with van der Waals surface area (Å²) in [7, 11) is 0. The molecule has 1 aliphatic rings. The number of nitrogens with zero attached hydrogens (tertiary/aromatic N) is 2. The van der Waals surface area contributed by atoms with E-state index in [0.29, 0.717) is 5.84 Å². The van der Waals surface area contributed by atoms with Crippen LogP contribution in [0.15, 0.2) is 41.1 Å². The van der Waals surface area contributed by atoms with Crippen molar-refractivity contribution >= 4 is 5.84 Å². The Morgan fingerprint density at radius 3 is 2.40 bits per heavy atom. The summed E-state index contributed by atoms with van der Waals surface area (Å²) in [5, 5.41) is 0. The first-order valence-electron chi connectivity index (χ1n) is 7.14. The Morgan fingerprint density at radius 1 is 1.20 bits per heavy atom. The fourth-order valence-corrected chi connectivity index (χ4v) is 2.27. The molecule has 1 saturated heterocycles. The molecule has 1 heterocycles. The van der Waals surface area contributed by atoms with E-state index in [1.807, 2.05) is 32.1 Å². The third-order valence-corrected chi connectivity index (χ3v) is 3.53. The molecule has 20 heavy (non-hydrogen) atoms. The van der Waals surface area contributed by atoms with E-state index in [1.165, 1.54) is 0 Å². The third-order valence-electron chi connectivity index (χ3n) is 3.53. The largest absolute Gasteiger partial charge is 0.384 e. The molecule has 1 rings (SSSR count). The molecular formula is C16H27N3O. The highest BCUT2D eigenvalue weighted by atomic mass is 16.5. The molecule has 0 saturated carbocycles. The Bertz CT molecular complexity index is 413. The van der Waals surface area contributed by atoms with Crippen molar-refractivity contribution in [1.29, 1.82) is 0 Å². The van der Waals surface area contributed by atoms with Crippen LogP contribution in [0.25, 0.3) is 0 Å². The SMILES string of the molecule is C\C=C/N=C(N)/C=C(\C=C/C)C(C)(C)N1CCOCC1. The van der Waals surface area contributed by atoms with Crippen molar-refractivity contribution in [3.63, 3.8) is 0 Å². The lowest BCUT2D eigenvalue weighted by atomic mass is 9.90. The predicted molar refractivity (Wildman–Crippen MR) is 85.8 cm³/mol. The summed E-state index contributed by atoms with van der Waals surface area (Å²) in [4.78, 5) is 6.61. The van der Waals surface area contributed by atoms with Crippen LogP contribution in [0.2, 0.25) is 0 Å². The van der Waals surface area contributed by atoms with Gasteiger partial charge >= 0.3 is 0 Å². The van der Waals surface area contributed by atoms with Crippen LogP contribution in [0.4, 0.5) is 0 Å². The fraction of sp³-hybridized carbons (Fsp3) is 0.562. The van der Waals surface area contributed by atoms with Crippen LogP contribution in [-0.2, 0) is 4.74 Å². The number of allylic oxidation sites excluding steroid dienone is 2. The second-order valence-electron chi connectivity index (χ2n) is 5.29. The Labute approximate surface area is 122 Å². The number of hydrogen-bond donors (Lipinski definition) is 1. The van der Waals surface area contributed by atoms with Crippen molar-refractivity contribution in [2.75, 3.05) is 26.3 Å². The van der Waals surface area contributed by atoms with Gasteiger partial charge in [-0.15, -0.1) is 0 Å². The van der Waals surface area contributed by atoms with Crippen LogP contribution in [-0.4, -0.2) is 42.6 Å². The van der Waals surface area contributed by atoms with Crippen LogP contribution in [0.3, 0.4) is 0 Å². The van der Waals surface area contributed by atoms with Crippen molar-refractivity contribution in [2.24, 2.45) is 10.7 Å². The quantitative estimate of drug-likeness (QED) is 0.477. The minimum absolute atomic E-state index is 0.0909. The highest BCUT2D eigenvalue weighted by Crippen LogP contribution is 2.26. The lowest BCUT2D eigenvalue weighted by Crippen LogP contribution is -2.50. The Hall–Kier alpha value is -1.39. The molecule has 0 atom stereocenters. The van der Waals surface area contributed by atoms with Gasteiger partial charge < -0.3 is 10.5 Å². The summed E-state index contributed by atoms with van der Waals surface area (Å²) in [5.41, 5.74) is 7.03. The zero-order valence-corrected chi connectivity index (χ0v) is 13.1. The Morgan fingerprint density at radius 2 is 1.85 bits per heavy atom. The molecular weight excluding hydrogens is 250 g/mol. The van der Waals surface area contributed by atoms with Crippen LogP contribution in [0, 0.1) is 0 Å². The topological polar surface area (TPSA) is 50.8 Å². The van der Waals surface area contributed by atoms with Gasteiger partial charge in [0, 0.05) is 24.8 Å². The minimum Gasteiger partial charge on any atom is -0.384 e. The molecule has 0 aromatic heterocycles. The molecule has 112 valence electrons. The predicted octanol–water partition coefficient (Wildman–Crippen LogP) is 2.49. The standard InChI is InChI=1S/C16H27N3O/c1-5-7-14(13-15(17)18-8-6-2)16(3,4)19-9-11-20-12-10-19/h5-8,13H,9-12H2,1-4H3,(H2,17,18)/b7-5-,8-6-,14-13+. The van der Waals surface area contributed by atoms with E-state index in [-0.39, 0.29) is 5.54 Å². The van der Waals surface area contributed by atoms with Crippen molar-refractivity contribution in [3.8, 4) is 0 Å². The van der Waals surface area contributed by atoms with Crippen molar-refractivity contribution in [3.05, 3.63) is 36.1 Å². The summed E-state index contributed by atoms with van der Waals surface area (Å²) in [6.07, 6.45) is 9.67. The summed E-state index contributed by atoms with van der Waals surface area (Å²) >= 11 is 0. The first kappa shape index (κ1) is 16.7. The van der Waals surface area contributed by atoms with Gasteiger partial charge in [0.2, 0.25) is 0 Å². The van der Waals surface area contributed by atoms with E-state index in [1.54, 1.807) is 6.20 Å². The second-order valence-corrected chi connectivity index (χ2v) is 5.29. The van der Waals surface area contributed by atoms with E-state index < -0.39 is 0 Å². The van der Waals surface area contributed by atoms with Gasteiger partial charge in [0.25, 0.3) is 0 Å². The van der Waals surface area contributed by atoms with Gasteiger partial charge in [-0.3, -0.25) is 4.90 Å². The van der Waals surface area contributed by atoms with Crippen molar-refractivity contribution in [1.82, 2.24) is 4.90 Å². The van der Waals surface area contributed by atoms with Gasteiger partial charge in [-0.2, -0.15) is 0 Å². The zero-order valence-electron chi connectivity index (χ0n) is 13.1. The highest BCUT2D eigenvalue weighted by Gasteiger charge is 2.30. The van der Waals surface area contributed by atoms with Crippen molar-refractivity contribution < 1.29 is 4.74 Å². The van der Waals surface area contributed by atoms with Gasteiger partial charge in [0.15, 0.2) is 0 Å². The molecule has 0 aromatic carbocycles. The van der Waals surface area contributed by atoms with Gasteiger partial charge in [-0.1, -0.05) is 18.2 Å². The van der Waals surface area contributed by atoms with Crippen LogP contribution in [0.1, 0.15) is 27.7 Å². The number of morpholine rings is 1. The average Bonchev–Trinajstić information content (AvgIpc) is 2.45. The molecule has 0 spiro atoms. The first-order valence-corrected chi connectivity index (χ1v) is 7.14. The molecule has 4 heteroatoms. The second kappa shape index (κ2) is 8.02. The maximum atomic E-state index is 5.96. The zero-order chi connectivity index (χ0) is 15.0. The number of ether oxygens (including phenoxy) is 1.